The van der Waals surface area contributed by atoms with Crippen LogP contribution in [0.25, 0.3) is 0 Å². The van der Waals surface area contributed by atoms with E-state index in [4.69, 9.17) is 0 Å². The van der Waals surface area contributed by atoms with E-state index < -0.39 is 0 Å². The summed E-state index contributed by atoms with van der Waals surface area (Å²) in [5, 5.41) is 0. The molecule has 1 aliphatic carbocycles. The number of rotatable bonds is 2. The summed E-state index contributed by atoms with van der Waals surface area (Å²) in [5.74, 6) is 0.403. The Bertz CT molecular complexity index is 555. The molecule has 0 bridgehead atoms. The number of carbonyl (C=O) groups excluding carboxylic acids is 1. The third kappa shape index (κ3) is 1.93. The molecule has 0 aliphatic heterocycles. The van der Waals surface area contributed by atoms with E-state index in [-0.39, 0.29) is 11.7 Å². The predicted molar refractivity (Wildman–Crippen MR) is 67.5 cm³/mol. The van der Waals surface area contributed by atoms with E-state index in [0.717, 1.165) is 29.8 Å². The maximum Gasteiger partial charge on any atom is 0.176 e. The molecule has 2 aromatic rings. The van der Waals surface area contributed by atoms with Crippen LogP contribution in [-0.4, -0.2) is 15.8 Å². The van der Waals surface area contributed by atoms with E-state index in [2.05, 4.69) is 9.97 Å². The van der Waals surface area contributed by atoms with Gasteiger partial charge in [-0.2, -0.15) is 0 Å². The van der Waals surface area contributed by atoms with Crippen molar-refractivity contribution in [3.8, 4) is 0 Å². The molecule has 1 unspecified atom stereocenters. The molecule has 1 N–H and O–H groups in total. The minimum Gasteiger partial charge on any atom is -0.348 e. The second-order valence-electron chi connectivity index (χ2n) is 4.54. The number of thiophene rings is 1. The fraction of sp³-hybridized carbons (Fsp3) is 0.385. The number of imidazole rings is 1. The van der Waals surface area contributed by atoms with Crippen LogP contribution in [-0.2, 0) is 12.8 Å². The zero-order valence-corrected chi connectivity index (χ0v) is 10.5. The molecule has 0 aromatic carbocycles. The van der Waals surface area contributed by atoms with Crippen LogP contribution in [0.2, 0.25) is 0 Å². The number of hydrogen-bond acceptors (Lipinski definition) is 3. The Kier molecular flexibility index (Phi) is 2.59. The van der Waals surface area contributed by atoms with Crippen molar-refractivity contribution in [2.75, 3.05) is 0 Å². The van der Waals surface area contributed by atoms with Gasteiger partial charge in [0.25, 0.3) is 0 Å². The standard InChI is InChI=1S/C13H14N2OS/c1-8-2-5-12(17-8)13(16)9-3-4-10-11(6-9)15-7-14-10/h2,5,7,9H,3-4,6H2,1H3,(H,14,15). The molecule has 2 heterocycles. The van der Waals surface area contributed by atoms with Gasteiger partial charge in [0.2, 0.25) is 0 Å². The number of ketones is 1. The molecule has 2 aromatic heterocycles. The van der Waals surface area contributed by atoms with Crippen molar-refractivity contribution in [1.82, 2.24) is 9.97 Å². The fourth-order valence-corrected chi connectivity index (χ4v) is 3.27. The Morgan fingerprint density at radius 1 is 1.53 bits per heavy atom. The van der Waals surface area contributed by atoms with Crippen LogP contribution < -0.4 is 0 Å². The SMILES string of the molecule is Cc1ccc(C(=O)C2CCc3[nH]cnc3C2)s1. The minimum absolute atomic E-state index is 0.115. The van der Waals surface area contributed by atoms with Crippen LogP contribution in [0.3, 0.4) is 0 Å². The summed E-state index contributed by atoms with van der Waals surface area (Å²) >= 11 is 1.60. The quantitative estimate of drug-likeness (QED) is 0.828. The first-order chi connectivity index (χ1) is 8.24. The van der Waals surface area contributed by atoms with E-state index in [9.17, 15) is 4.79 Å². The monoisotopic (exact) mass is 246 g/mol. The Morgan fingerprint density at radius 2 is 2.41 bits per heavy atom. The van der Waals surface area contributed by atoms with Crippen molar-refractivity contribution >= 4 is 17.1 Å². The third-order valence-electron chi connectivity index (χ3n) is 3.34. The molecular formula is C13H14N2OS. The third-order valence-corrected chi connectivity index (χ3v) is 4.36. The average Bonchev–Trinajstić information content (AvgIpc) is 2.95. The normalized spacial score (nSPS) is 19.0. The zero-order chi connectivity index (χ0) is 11.8. The molecule has 1 atom stereocenters. The Labute approximate surface area is 104 Å². The van der Waals surface area contributed by atoms with Crippen molar-refractivity contribution in [1.29, 1.82) is 0 Å². The number of carbonyl (C=O) groups is 1. The molecule has 0 spiro atoms. The summed E-state index contributed by atoms with van der Waals surface area (Å²) in [5.41, 5.74) is 2.28. The van der Waals surface area contributed by atoms with Crippen molar-refractivity contribution < 1.29 is 4.79 Å². The van der Waals surface area contributed by atoms with Crippen molar-refractivity contribution in [3.63, 3.8) is 0 Å². The zero-order valence-electron chi connectivity index (χ0n) is 9.69. The van der Waals surface area contributed by atoms with Gasteiger partial charge in [0.05, 0.1) is 16.9 Å². The smallest absolute Gasteiger partial charge is 0.176 e. The number of nitrogens with one attached hydrogen (secondary N) is 1. The fourth-order valence-electron chi connectivity index (χ4n) is 2.39. The average molecular weight is 246 g/mol. The predicted octanol–water partition coefficient (Wildman–Crippen LogP) is 2.77. The first kappa shape index (κ1) is 10.7. The van der Waals surface area contributed by atoms with Gasteiger partial charge in [0.15, 0.2) is 5.78 Å². The van der Waals surface area contributed by atoms with Gasteiger partial charge in [0, 0.05) is 22.9 Å². The number of Topliss-reactive ketones (excluding diaryl/α,β-unsaturated/α-hetero) is 1. The van der Waals surface area contributed by atoms with Crippen LogP contribution in [0.4, 0.5) is 0 Å². The summed E-state index contributed by atoms with van der Waals surface area (Å²) in [6, 6.07) is 3.96. The Hall–Kier alpha value is -1.42. The van der Waals surface area contributed by atoms with Crippen LogP contribution in [0, 0.1) is 12.8 Å². The summed E-state index contributed by atoms with van der Waals surface area (Å²) in [4.78, 5) is 21.8. The number of aryl methyl sites for hydroxylation is 2. The minimum atomic E-state index is 0.115. The second-order valence-corrected chi connectivity index (χ2v) is 5.83. The molecule has 0 saturated carbocycles. The summed E-state index contributed by atoms with van der Waals surface area (Å²) in [6.07, 6.45) is 4.39. The van der Waals surface area contributed by atoms with E-state index >= 15 is 0 Å². The van der Waals surface area contributed by atoms with Crippen LogP contribution in [0.15, 0.2) is 18.5 Å². The molecule has 0 amide bonds. The number of aromatic nitrogens is 2. The van der Waals surface area contributed by atoms with E-state index in [0.29, 0.717) is 0 Å². The van der Waals surface area contributed by atoms with Crippen LogP contribution in [0.5, 0.6) is 0 Å². The largest absolute Gasteiger partial charge is 0.348 e. The number of hydrogen-bond donors (Lipinski definition) is 1. The highest BCUT2D eigenvalue weighted by molar-refractivity contribution is 7.14. The van der Waals surface area contributed by atoms with Gasteiger partial charge in [-0.3, -0.25) is 4.79 Å². The maximum absolute atomic E-state index is 12.3. The number of H-pyrrole nitrogens is 1. The highest BCUT2D eigenvalue weighted by Gasteiger charge is 2.27. The molecule has 3 rings (SSSR count). The number of aromatic amines is 1. The summed E-state index contributed by atoms with van der Waals surface area (Å²) < 4.78 is 0. The lowest BCUT2D eigenvalue weighted by Gasteiger charge is -2.19. The summed E-state index contributed by atoms with van der Waals surface area (Å²) in [7, 11) is 0. The molecule has 0 radical (unpaired) electrons. The van der Waals surface area contributed by atoms with Gasteiger partial charge in [-0.25, -0.2) is 4.98 Å². The van der Waals surface area contributed by atoms with Crippen molar-refractivity contribution in [2.45, 2.75) is 26.2 Å². The highest BCUT2D eigenvalue weighted by Crippen LogP contribution is 2.28. The number of fused-ring (bicyclic) bond motifs is 1. The van der Waals surface area contributed by atoms with Crippen molar-refractivity contribution in [3.05, 3.63) is 39.6 Å². The topological polar surface area (TPSA) is 45.8 Å². The lowest BCUT2D eigenvalue weighted by molar-refractivity contribution is 0.0912. The molecule has 0 saturated heterocycles. The van der Waals surface area contributed by atoms with E-state index in [1.807, 2.05) is 19.1 Å². The van der Waals surface area contributed by atoms with Gasteiger partial charge in [-0.15, -0.1) is 11.3 Å². The molecule has 1 aliphatic rings. The molecule has 17 heavy (non-hydrogen) atoms. The Morgan fingerprint density at radius 3 is 3.18 bits per heavy atom. The van der Waals surface area contributed by atoms with E-state index in [1.54, 1.807) is 17.7 Å². The van der Waals surface area contributed by atoms with E-state index in [1.165, 1.54) is 10.6 Å². The second kappa shape index (κ2) is 4.11. The number of nitrogens with zero attached hydrogens (tertiary/aromatic N) is 1. The molecule has 3 nitrogen and oxygen atoms in total. The first-order valence-corrected chi connectivity index (χ1v) is 6.67. The van der Waals surface area contributed by atoms with Gasteiger partial charge in [-0.05, 0) is 31.9 Å². The lowest BCUT2D eigenvalue weighted by Crippen LogP contribution is -2.22. The van der Waals surface area contributed by atoms with Gasteiger partial charge < -0.3 is 4.98 Å². The molecule has 4 heteroatoms. The first-order valence-electron chi connectivity index (χ1n) is 5.86. The summed E-state index contributed by atoms with van der Waals surface area (Å²) in [6.45, 7) is 2.04. The highest BCUT2D eigenvalue weighted by atomic mass is 32.1. The van der Waals surface area contributed by atoms with Crippen molar-refractivity contribution in [2.24, 2.45) is 5.92 Å². The van der Waals surface area contributed by atoms with Crippen LogP contribution >= 0.6 is 11.3 Å². The van der Waals surface area contributed by atoms with Gasteiger partial charge >= 0.3 is 0 Å². The van der Waals surface area contributed by atoms with Crippen LogP contribution in [0.1, 0.15) is 32.4 Å². The molecule has 0 fully saturated rings. The maximum atomic E-state index is 12.3. The molecular weight excluding hydrogens is 232 g/mol. The van der Waals surface area contributed by atoms with Gasteiger partial charge in [-0.1, -0.05) is 0 Å². The van der Waals surface area contributed by atoms with Gasteiger partial charge in [0.1, 0.15) is 0 Å². The Balaban J connectivity index is 1.81. The molecule has 88 valence electrons. The lowest BCUT2D eigenvalue weighted by atomic mass is 9.86.